The molecule has 2 heterocycles. The van der Waals surface area contributed by atoms with E-state index in [-0.39, 0.29) is 35.6 Å². The van der Waals surface area contributed by atoms with E-state index in [0.29, 0.717) is 44.2 Å². The standard InChI is InChI=1S/C25H26FN5O4/c1-35-23(34)24-7-10-25(11-8-24,12-9-24)30-22(33)19-14-18(29-20-6-13-28-31(19)20)21(32)27-15-16-2-4-17(26)5-3-16/h2-6,13-14H,7-12,15H2,1H3,(H,27,32)(H,30,33). The van der Waals surface area contributed by atoms with Gasteiger partial charge in [0.05, 0.1) is 18.7 Å². The van der Waals surface area contributed by atoms with Crippen molar-refractivity contribution in [1.82, 2.24) is 25.2 Å². The van der Waals surface area contributed by atoms with Crippen molar-refractivity contribution in [2.45, 2.75) is 50.6 Å². The Morgan fingerprint density at radius 1 is 1.03 bits per heavy atom. The third-order valence-corrected chi connectivity index (χ3v) is 7.43. The SMILES string of the molecule is COC(=O)C12CCC(NC(=O)c3cc(C(=O)NCc4ccc(F)cc4)nc4ccnn34)(CC1)CC2. The molecule has 0 unspecified atom stereocenters. The first kappa shape index (κ1) is 22.9. The van der Waals surface area contributed by atoms with Gasteiger partial charge in [-0.1, -0.05) is 12.1 Å². The number of esters is 1. The molecule has 3 fully saturated rings. The van der Waals surface area contributed by atoms with Gasteiger partial charge in [-0.25, -0.2) is 13.9 Å². The first-order chi connectivity index (χ1) is 16.8. The van der Waals surface area contributed by atoms with Crippen molar-refractivity contribution in [3.63, 3.8) is 0 Å². The van der Waals surface area contributed by atoms with Crippen LogP contribution in [0.3, 0.4) is 0 Å². The number of ether oxygens (including phenoxy) is 1. The zero-order chi connectivity index (χ0) is 24.6. The topological polar surface area (TPSA) is 115 Å². The Balaban J connectivity index is 1.33. The molecular formula is C25H26FN5O4. The maximum Gasteiger partial charge on any atom is 0.311 e. The maximum atomic E-state index is 13.4. The molecule has 3 aromatic rings. The lowest BCUT2D eigenvalue weighted by molar-refractivity contribution is -0.160. The van der Waals surface area contributed by atoms with Crippen LogP contribution in [0.1, 0.15) is 65.1 Å². The summed E-state index contributed by atoms with van der Waals surface area (Å²) in [6.45, 7) is 0.192. The van der Waals surface area contributed by atoms with E-state index in [9.17, 15) is 18.8 Å². The Morgan fingerprint density at radius 3 is 2.37 bits per heavy atom. The minimum atomic E-state index is -0.455. The number of carbonyl (C=O) groups excluding carboxylic acids is 3. The maximum absolute atomic E-state index is 13.4. The molecule has 2 N–H and O–H groups in total. The van der Waals surface area contributed by atoms with Crippen LogP contribution in [0, 0.1) is 11.2 Å². The molecule has 3 aliphatic rings. The minimum absolute atomic E-state index is 0.0831. The second-order valence-electron chi connectivity index (χ2n) is 9.44. The summed E-state index contributed by atoms with van der Waals surface area (Å²) in [7, 11) is 1.42. The summed E-state index contributed by atoms with van der Waals surface area (Å²) in [4.78, 5) is 42.8. The molecule has 0 aliphatic heterocycles. The van der Waals surface area contributed by atoms with E-state index in [2.05, 4.69) is 20.7 Å². The number of halogens is 1. The van der Waals surface area contributed by atoms with E-state index >= 15 is 0 Å². The fraction of sp³-hybridized carbons (Fsp3) is 0.400. The average molecular weight is 480 g/mol. The normalized spacial score (nSPS) is 23.1. The van der Waals surface area contributed by atoms with Crippen molar-refractivity contribution in [2.24, 2.45) is 5.41 Å². The summed E-state index contributed by atoms with van der Waals surface area (Å²) in [6, 6.07) is 8.88. The fourth-order valence-electron chi connectivity index (χ4n) is 5.27. The van der Waals surface area contributed by atoms with Crippen molar-refractivity contribution in [3.05, 3.63) is 65.4 Å². The number of benzene rings is 1. The zero-order valence-electron chi connectivity index (χ0n) is 19.3. The van der Waals surface area contributed by atoms with Gasteiger partial charge in [0, 0.05) is 24.2 Å². The predicted octanol–water partition coefficient (Wildman–Crippen LogP) is 2.79. The summed E-state index contributed by atoms with van der Waals surface area (Å²) >= 11 is 0. The van der Waals surface area contributed by atoms with Gasteiger partial charge in [-0.15, -0.1) is 0 Å². The van der Waals surface area contributed by atoms with Gasteiger partial charge in [0.1, 0.15) is 17.2 Å². The van der Waals surface area contributed by atoms with Gasteiger partial charge in [0.15, 0.2) is 5.65 Å². The lowest BCUT2D eigenvalue weighted by Gasteiger charge is -2.51. The fourth-order valence-corrected chi connectivity index (χ4v) is 5.27. The summed E-state index contributed by atoms with van der Waals surface area (Å²) < 4.78 is 19.5. The molecule has 1 aromatic carbocycles. The number of amides is 2. The zero-order valence-corrected chi connectivity index (χ0v) is 19.3. The van der Waals surface area contributed by atoms with Crippen LogP contribution in [-0.2, 0) is 16.1 Å². The molecule has 0 atom stereocenters. The van der Waals surface area contributed by atoms with E-state index < -0.39 is 16.9 Å². The number of methoxy groups -OCH3 is 1. The highest BCUT2D eigenvalue weighted by Crippen LogP contribution is 2.53. The number of nitrogens with zero attached hydrogens (tertiary/aromatic N) is 3. The molecule has 9 nitrogen and oxygen atoms in total. The smallest absolute Gasteiger partial charge is 0.311 e. The Labute approximate surface area is 201 Å². The van der Waals surface area contributed by atoms with Crippen LogP contribution in [-0.4, -0.2) is 45.0 Å². The van der Waals surface area contributed by atoms with Gasteiger partial charge >= 0.3 is 5.97 Å². The number of rotatable bonds is 6. The van der Waals surface area contributed by atoms with Crippen LogP contribution in [0.2, 0.25) is 0 Å². The number of aromatic nitrogens is 3. The number of fused-ring (bicyclic) bond motifs is 4. The van der Waals surface area contributed by atoms with Gasteiger partial charge in [0.25, 0.3) is 11.8 Å². The number of nitrogens with one attached hydrogen (secondary N) is 2. The Bertz CT molecular complexity index is 1280. The average Bonchev–Trinajstić information content (AvgIpc) is 3.37. The van der Waals surface area contributed by atoms with Crippen LogP contribution < -0.4 is 10.6 Å². The third kappa shape index (κ3) is 4.24. The van der Waals surface area contributed by atoms with E-state index in [1.54, 1.807) is 18.2 Å². The summed E-state index contributed by atoms with van der Waals surface area (Å²) in [6.07, 6.45) is 5.59. The van der Waals surface area contributed by atoms with E-state index in [1.165, 1.54) is 36.0 Å². The van der Waals surface area contributed by atoms with E-state index in [1.807, 2.05) is 0 Å². The molecule has 2 bridgehead atoms. The van der Waals surface area contributed by atoms with Crippen molar-refractivity contribution in [3.8, 4) is 0 Å². The van der Waals surface area contributed by atoms with Crippen molar-refractivity contribution in [2.75, 3.05) is 7.11 Å². The van der Waals surface area contributed by atoms with Crippen LogP contribution in [0.5, 0.6) is 0 Å². The largest absolute Gasteiger partial charge is 0.469 e. The van der Waals surface area contributed by atoms with Crippen molar-refractivity contribution < 1.29 is 23.5 Å². The second kappa shape index (κ2) is 8.75. The molecule has 0 saturated heterocycles. The highest BCUT2D eigenvalue weighted by Gasteiger charge is 2.53. The van der Waals surface area contributed by atoms with Gasteiger partial charge in [-0.3, -0.25) is 14.4 Å². The lowest BCUT2D eigenvalue weighted by Crippen LogP contribution is -2.58. The van der Waals surface area contributed by atoms with Gasteiger partial charge in [0.2, 0.25) is 0 Å². The first-order valence-corrected chi connectivity index (χ1v) is 11.6. The molecule has 3 saturated carbocycles. The summed E-state index contributed by atoms with van der Waals surface area (Å²) in [5.74, 6) is -1.32. The monoisotopic (exact) mass is 479 g/mol. The second-order valence-corrected chi connectivity index (χ2v) is 9.44. The van der Waals surface area contributed by atoms with E-state index in [0.717, 1.165) is 5.56 Å². The van der Waals surface area contributed by atoms with Crippen molar-refractivity contribution >= 4 is 23.4 Å². The highest BCUT2D eigenvalue weighted by atomic mass is 19.1. The Kier molecular flexibility index (Phi) is 5.74. The van der Waals surface area contributed by atoms with E-state index in [4.69, 9.17) is 4.74 Å². The third-order valence-electron chi connectivity index (χ3n) is 7.43. The van der Waals surface area contributed by atoms with Gasteiger partial charge < -0.3 is 15.4 Å². The molecule has 2 aromatic heterocycles. The molecule has 10 heteroatoms. The predicted molar refractivity (Wildman–Crippen MR) is 123 cm³/mol. The molecule has 0 radical (unpaired) electrons. The molecule has 0 spiro atoms. The number of carbonyl (C=O) groups is 3. The van der Waals surface area contributed by atoms with Crippen LogP contribution >= 0.6 is 0 Å². The molecule has 3 aliphatic carbocycles. The quantitative estimate of drug-likeness (QED) is 0.526. The van der Waals surface area contributed by atoms with Crippen LogP contribution in [0.25, 0.3) is 5.65 Å². The minimum Gasteiger partial charge on any atom is -0.469 e. The first-order valence-electron chi connectivity index (χ1n) is 11.6. The number of hydrogen-bond acceptors (Lipinski definition) is 6. The van der Waals surface area contributed by atoms with Crippen LogP contribution in [0.4, 0.5) is 4.39 Å². The van der Waals surface area contributed by atoms with Crippen molar-refractivity contribution in [1.29, 1.82) is 0 Å². The molecule has 35 heavy (non-hydrogen) atoms. The summed E-state index contributed by atoms with van der Waals surface area (Å²) in [5, 5.41) is 10.1. The highest BCUT2D eigenvalue weighted by molar-refractivity contribution is 5.98. The lowest BCUT2D eigenvalue weighted by atomic mass is 9.57. The summed E-state index contributed by atoms with van der Waals surface area (Å²) in [5.41, 5.74) is 0.555. The Morgan fingerprint density at radius 2 is 1.71 bits per heavy atom. The Hall–Kier alpha value is -3.82. The molecule has 182 valence electrons. The number of hydrogen-bond donors (Lipinski definition) is 2. The van der Waals surface area contributed by atoms with Gasteiger partial charge in [-0.05, 0) is 56.2 Å². The molecule has 6 rings (SSSR count). The molecule has 2 amide bonds. The molecular weight excluding hydrogens is 453 g/mol. The van der Waals surface area contributed by atoms with Crippen LogP contribution in [0.15, 0.2) is 42.6 Å². The van der Waals surface area contributed by atoms with Gasteiger partial charge in [-0.2, -0.15) is 5.10 Å².